The van der Waals surface area contributed by atoms with Gasteiger partial charge in [0, 0.05) is 25.0 Å². The minimum Gasteiger partial charge on any atom is -0.393 e. The molecule has 0 unspecified atom stereocenters. The van der Waals surface area contributed by atoms with Crippen molar-refractivity contribution in [2.45, 2.75) is 56.7 Å². The molecular formula is C22H25FN6O2. The quantitative estimate of drug-likeness (QED) is 0.669. The van der Waals surface area contributed by atoms with Gasteiger partial charge in [-0.3, -0.25) is 9.78 Å². The number of hydrogen-bond donors (Lipinski definition) is 2. The Bertz CT molecular complexity index is 1090. The maximum Gasteiger partial charge on any atom is 0.256 e. The average molecular weight is 424 g/mol. The fraction of sp³-hybridized carbons (Fsp3) is 0.455. The number of carbonyl (C=O) groups is 1. The molecule has 2 N–H and O–H groups in total. The first-order valence-electron chi connectivity index (χ1n) is 10.8. The van der Waals surface area contributed by atoms with Crippen molar-refractivity contribution in [3.63, 3.8) is 0 Å². The molecule has 5 rings (SSSR count). The zero-order valence-electron chi connectivity index (χ0n) is 17.1. The number of amides is 1. The second-order valence-electron chi connectivity index (χ2n) is 8.38. The summed E-state index contributed by atoms with van der Waals surface area (Å²) in [6.45, 7) is 0.796. The van der Waals surface area contributed by atoms with Crippen LogP contribution >= 0.6 is 0 Å². The van der Waals surface area contributed by atoms with Gasteiger partial charge < -0.3 is 15.3 Å². The summed E-state index contributed by atoms with van der Waals surface area (Å²) in [5, 5.41) is 17.0. The summed E-state index contributed by atoms with van der Waals surface area (Å²) in [5.74, 6) is 0.181. The first-order chi connectivity index (χ1) is 15.1. The van der Waals surface area contributed by atoms with Crippen LogP contribution < -0.4 is 10.2 Å². The van der Waals surface area contributed by atoms with Crippen LogP contribution in [0.25, 0.3) is 5.65 Å². The van der Waals surface area contributed by atoms with Crippen LogP contribution in [0.2, 0.25) is 0 Å². The van der Waals surface area contributed by atoms with Crippen molar-refractivity contribution in [2.75, 3.05) is 11.4 Å². The molecule has 1 atom stereocenters. The molecule has 1 aliphatic carbocycles. The molecular weight excluding hydrogens is 399 g/mol. The number of hydrogen-bond acceptors (Lipinski definition) is 6. The van der Waals surface area contributed by atoms with Gasteiger partial charge in [-0.2, -0.15) is 5.10 Å². The fourth-order valence-corrected chi connectivity index (χ4v) is 4.66. The van der Waals surface area contributed by atoms with Gasteiger partial charge in [-0.25, -0.2) is 13.9 Å². The Morgan fingerprint density at radius 2 is 2.00 bits per heavy atom. The highest BCUT2D eigenvalue weighted by Gasteiger charge is 2.29. The number of halogens is 1. The number of carbonyl (C=O) groups excluding carboxylic acids is 1. The van der Waals surface area contributed by atoms with Crippen molar-refractivity contribution in [1.82, 2.24) is 24.9 Å². The largest absolute Gasteiger partial charge is 0.393 e. The summed E-state index contributed by atoms with van der Waals surface area (Å²) < 4.78 is 15.3. The molecule has 31 heavy (non-hydrogen) atoms. The Morgan fingerprint density at radius 1 is 1.16 bits per heavy atom. The van der Waals surface area contributed by atoms with E-state index < -0.39 is 0 Å². The van der Waals surface area contributed by atoms with E-state index >= 15 is 0 Å². The first-order valence-corrected chi connectivity index (χ1v) is 10.8. The van der Waals surface area contributed by atoms with Crippen molar-refractivity contribution in [3.05, 3.63) is 53.9 Å². The van der Waals surface area contributed by atoms with Crippen LogP contribution in [0, 0.1) is 5.82 Å². The number of aliphatic hydroxyl groups is 1. The molecule has 0 radical (unpaired) electrons. The van der Waals surface area contributed by atoms with Crippen LogP contribution in [-0.2, 0) is 0 Å². The highest BCUT2D eigenvalue weighted by Crippen LogP contribution is 2.35. The van der Waals surface area contributed by atoms with E-state index in [1.54, 1.807) is 16.9 Å². The molecule has 0 spiro atoms. The SMILES string of the molecule is O=C(N[C@H]1CC[C@H](O)CC1)c1cnn2ccc(N3CCC[C@@H]3c3cncc(F)c3)nc12. The lowest BCUT2D eigenvalue weighted by atomic mass is 9.93. The number of fused-ring (bicyclic) bond motifs is 1. The molecule has 2 aliphatic rings. The van der Waals surface area contributed by atoms with Gasteiger partial charge in [-0.1, -0.05) is 0 Å². The molecule has 3 aromatic heterocycles. The van der Waals surface area contributed by atoms with E-state index in [0.717, 1.165) is 43.6 Å². The third-order valence-corrected chi connectivity index (χ3v) is 6.29. The lowest BCUT2D eigenvalue weighted by Gasteiger charge is -2.26. The summed E-state index contributed by atoms with van der Waals surface area (Å²) in [7, 11) is 0. The molecule has 0 aromatic carbocycles. The number of nitrogens with zero attached hydrogens (tertiary/aromatic N) is 5. The Hall–Kier alpha value is -3.07. The van der Waals surface area contributed by atoms with Gasteiger partial charge in [0.05, 0.1) is 24.5 Å². The summed E-state index contributed by atoms with van der Waals surface area (Å²) in [6, 6.07) is 3.44. The van der Waals surface area contributed by atoms with Crippen molar-refractivity contribution in [2.24, 2.45) is 0 Å². The standard InChI is InChI=1S/C22H25FN6O2/c23-15-10-14(11-24-12-15)19-2-1-8-28(19)20-7-9-29-21(27-20)18(13-25-29)22(31)26-16-3-5-17(30)6-4-16/h7,9-13,16-17,19,30H,1-6,8H2,(H,26,31)/t16-,17-,19-/m1/s1. The third kappa shape index (κ3) is 3.97. The molecule has 9 heteroatoms. The first kappa shape index (κ1) is 19.9. The summed E-state index contributed by atoms with van der Waals surface area (Å²) in [6.07, 6.45) is 10.8. The predicted molar refractivity (Wildman–Crippen MR) is 112 cm³/mol. The molecule has 1 amide bonds. The normalized spacial score (nSPS) is 23.9. The number of aliphatic hydroxyl groups excluding tert-OH is 1. The Kier molecular flexibility index (Phi) is 5.27. The van der Waals surface area contributed by atoms with Gasteiger partial charge in [-0.15, -0.1) is 0 Å². The second kappa shape index (κ2) is 8.22. The van der Waals surface area contributed by atoms with Gasteiger partial charge in [0.2, 0.25) is 0 Å². The smallest absolute Gasteiger partial charge is 0.256 e. The molecule has 2 fully saturated rings. The maximum absolute atomic E-state index is 13.7. The van der Waals surface area contributed by atoms with Gasteiger partial charge >= 0.3 is 0 Å². The lowest BCUT2D eigenvalue weighted by Crippen LogP contribution is -2.38. The number of pyridine rings is 1. The van der Waals surface area contributed by atoms with E-state index in [1.165, 1.54) is 18.5 Å². The van der Waals surface area contributed by atoms with Crippen LogP contribution in [0.1, 0.15) is 60.5 Å². The molecule has 1 aliphatic heterocycles. The molecule has 3 aromatic rings. The minimum absolute atomic E-state index is 0.00739. The van der Waals surface area contributed by atoms with Gasteiger partial charge in [-0.05, 0) is 56.2 Å². The van der Waals surface area contributed by atoms with E-state index in [-0.39, 0.29) is 29.9 Å². The number of anilines is 1. The second-order valence-corrected chi connectivity index (χ2v) is 8.38. The van der Waals surface area contributed by atoms with Crippen LogP contribution in [0.4, 0.5) is 10.2 Å². The van der Waals surface area contributed by atoms with E-state index in [0.29, 0.717) is 24.1 Å². The Balaban J connectivity index is 1.40. The zero-order valence-corrected chi connectivity index (χ0v) is 17.1. The van der Waals surface area contributed by atoms with Crippen LogP contribution in [0.15, 0.2) is 36.9 Å². The van der Waals surface area contributed by atoms with Crippen molar-refractivity contribution in [1.29, 1.82) is 0 Å². The molecule has 162 valence electrons. The van der Waals surface area contributed by atoms with Crippen LogP contribution in [0.5, 0.6) is 0 Å². The fourth-order valence-electron chi connectivity index (χ4n) is 4.66. The number of rotatable bonds is 4. The van der Waals surface area contributed by atoms with Crippen LogP contribution in [0.3, 0.4) is 0 Å². The highest BCUT2D eigenvalue weighted by molar-refractivity contribution is 5.99. The van der Waals surface area contributed by atoms with Crippen molar-refractivity contribution < 1.29 is 14.3 Å². The Morgan fingerprint density at radius 3 is 2.81 bits per heavy atom. The third-order valence-electron chi connectivity index (χ3n) is 6.29. The van der Waals surface area contributed by atoms with E-state index in [4.69, 9.17) is 4.98 Å². The van der Waals surface area contributed by atoms with E-state index in [9.17, 15) is 14.3 Å². The molecule has 8 nitrogen and oxygen atoms in total. The molecule has 0 bridgehead atoms. The molecule has 1 saturated heterocycles. The molecule has 4 heterocycles. The maximum atomic E-state index is 13.7. The summed E-state index contributed by atoms with van der Waals surface area (Å²) >= 11 is 0. The monoisotopic (exact) mass is 424 g/mol. The van der Waals surface area contributed by atoms with Gasteiger partial charge in [0.15, 0.2) is 5.65 Å². The van der Waals surface area contributed by atoms with E-state index in [1.807, 2.05) is 6.07 Å². The topological polar surface area (TPSA) is 95.6 Å². The number of aromatic nitrogens is 4. The van der Waals surface area contributed by atoms with Crippen molar-refractivity contribution >= 4 is 17.4 Å². The van der Waals surface area contributed by atoms with Crippen LogP contribution in [-0.4, -0.2) is 49.3 Å². The zero-order chi connectivity index (χ0) is 21.4. The summed E-state index contributed by atoms with van der Waals surface area (Å²) in [5.41, 5.74) is 1.75. The average Bonchev–Trinajstić information content (AvgIpc) is 3.42. The van der Waals surface area contributed by atoms with Gasteiger partial charge in [0.1, 0.15) is 17.2 Å². The van der Waals surface area contributed by atoms with Crippen molar-refractivity contribution in [3.8, 4) is 0 Å². The Labute approximate surface area is 179 Å². The summed E-state index contributed by atoms with van der Waals surface area (Å²) in [4.78, 5) is 23.8. The number of nitrogens with one attached hydrogen (secondary N) is 1. The van der Waals surface area contributed by atoms with E-state index in [2.05, 4.69) is 20.3 Å². The lowest BCUT2D eigenvalue weighted by molar-refractivity contribution is 0.0869. The highest BCUT2D eigenvalue weighted by atomic mass is 19.1. The minimum atomic E-state index is -0.349. The van der Waals surface area contributed by atoms with Gasteiger partial charge in [0.25, 0.3) is 5.91 Å². The predicted octanol–water partition coefficient (Wildman–Crippen LogP) is 2.64. The molecule has 1 saturated carbocycles.